The van der Waals surface area contributed by atoms with Gasteiger partial charge < -0.3 is 5.32 Å². The Balaban J connectivity index is 4.26. The van der Waals surface area contributed by atoms with Crippen LogP contribution in [0.5, 0.6) is 0 Å². The largest absolute Gasteiger partial charge is 0.471 e. The fraction of sp³-hybridized carbons (Fsp3) is 0.600. The predicted octanol–water partition coefficient (Wildman–Crippen LogP) is 1.04. The third-order valence-electron chi connectivity index (χ3n) is 0.991. The molecule has 0 bridgehead atoms. The Morgan fingerprint density at radius 3 is 2.08 bits per heavy atom. The quantitative estimate of drug-likeness (QED) is 0.589. The second-order valence-electron chi connectivity index (χ2n) is 1.98. The van der Waals surface area contributed by atoms with Gasteiger partial charge in [0.15, 0.2) is 0 Å². The molecule has 3 nitrogen and oxygen atoms in total. The minimum absolute atomic E-state index is 0.510. The normalized spacial score (nSPS) is 13.6. The lowest BCUT2D eigenvalue weighted by Crippen LogP contribution is -2.46. The first-order chi connectivity index (χ1) is 5.79. The van der Waals surface area contributed by atoms with E-state index in [9.17, 15) is 22.8 Å². The molecule has 0 aliphatic heterocycles. The average molecular weight is 238 g/mol. The van der Waals surface area contributed by atoms with Crippen LogP contribution in [0.25, 0.3) is 0 Å². The van der Waals surface area contributed by atoms with E-state index >= 15 is 0 Å². The van der Waals surface area contributed by atoms with Crippen molar-refractivity contribution < 1.29 is 22.8 Å². The maximum Gasteiger partial charge on any atom is 0.471 e. The van der Waals surface area contributed by atoms with E-state index in [1.165, 1.54) is 5.32 Å². The molecule has 0 spiro atoms. The number of nitrogens with one attached hydrogen (secondary N) is 1. The molecular weight excluding hydrogens is 234 g/mol. The molecule has 1 amide bonds. The van der Waals surface area contributed by atoms with Crippen molar-refractivity contribution in [2.45, 2.75) is 12.2 Å². The van der Waals surface area contributed by atoms with Crippen molar-refractivity contribution in [1.82, 2.24) is 5.32 Å². The summed E-state index contributed by atoms with van der Waals surface area (Å²) in [5, 5.41) is 0.183. The van der Waals surface area contributed by atoms with Crippen LogP contribution >= 0.6 is 23.2 Å². The van der Waals surface area contributed by atoms with E-state index < -0.39 is 29.2 Å². The number of hydrogen-bond acceptors (Lipinski definition) is 2. The first-order valence-electron chi connectivity index (χ1n) is 2.92. The molecule has 0 aliphatic rings. The monoisotopic (exact) mass is 237 g/mol. The van der Waals surface area contributed by atoms with Gasteiger partial charge in [0.25, 0.3) is 0 Å². The van der Waals surface area contributed by atoms with Crippen LogP contribution in [0.3, 0.4) is 0 Å². The molecule has 0 saturated carbocycles. The summed E-state index contributed by atoms with van der Waals surface area (Å²) in [5.41, 5.74) is 0. The summed E-state index contributed by atoms with van der Waals surface area (Å²) in [4.78, 5) is 20.6. The van der Waals surface area contributed by atoms with Gasteiger partial charge in [-0.15, -0.1) is 11.6 Å². The molecule has 0 aliphatic carbocycles. The molecule has 0 heterocycles. The molecule has 1 atom stereocenters. The molecule has 76 valence electrons. The molecular formula is C5H4Cl2F3NO2. The molecule has 0 aromatic carbocycles. The first kappa shape index (κ1) is 12.5. The summed E-state index contributed by atoms with van der Waals surface area (Å²) in [5.74, 6) is -2.75. The van der Waals surface area contributed by atoms with Gasteiger partial charge >= 0.3 is 12.1 Å². The summed E-state index contributed by atoms with van der Waals surface area (Å²) < 4.78 is 34.8. The van der Waals surface area contributed by atoms with Crippen LogP contribution in [-0.4, -0.2) is 29.2 Å². The van der Waals surface area contributed by atoms with Gasteiger partial charge in [-0.3, -0.25) is 9.59 Å². The number of rotatable bonds is 3. The average Bonchev–Trinajstić information content (AvgIpc) is 1.96. The highest BCUT2D eigenvalue weighted by Gasteiger charge is 2.40. The van der Waals surface area contributed by atoms with Gasteiger partial charge in [-0.2, -0.15) is 13.2 Å². The highest BCUT2D eigenvalue weighted by atomic mass is 35.5. The minimum atomic E-state index is -5.04. The lowest BCUT2D eigenvalue weighted by atomic mass is 10.3. The number of carbonyl (C=O) groups is 2. The van der Waals surface area contributed by atoms with Crippen molar-refractivity contribution in [3.63, 3.8) is 0 Å². The zero-order valence-corrected chi connectivity index (χ0v) is 7.50. The minimum Gasteiger partial charge on any atom is -0.336 e. The topological polar surface area (TPSA) is 46.2 Å². The Morgan fingerprint density at radius 2 is 1.85 bits per heavy atom. The molecule has 0 aromatic rings. The van der Waals surface area contributed by atoms with E-state index in [1.54, 1.807) is 0 Å². The first-order valence-corrected chi connectivity index (χ1v) is 3.83. The maximum atomic E-state index is 11.6. The molecule has 0 radical (unpaired) electrons. The molecule has 0 aromatic heterocycles. The van der Waals surface area contributed by atoms with Gasteiger partial charge in [0.05, 0.1) is 5.88 Å². The maximum absolute atomic E-state index is 11.6. The van der Waals surface area contributed by atoms with E-state index in [1.807, 2.05) is 0 Å². The van der Waals surface area contributed by atoms with Crippen molar-refractivity contribution in [1.29, 1.82) is 0 Å². The van der Waals surface area contributed by atoms with E-state index in [2.05, 4.69) is 0 Å². The van der Waals surface area contributed by atoms with Crippen LogP contribution in [0.2, 0.25) is 0 Å². The fourth-order valence-corrected chi connectivity index (χ4v) is 0.824. The molecule has 0 saturated heterocycles. The Labute approximate surface area is 81.2 Å². The number of alkyl halides is 4. The van der Waals surface area contributed by atoms with Crippen LogP contribution in [0.15, 0.2) is 0 Å². The van der Waals surface area contributed by atoms with Crippen molar-refractivity contribution >= 4 is 34.4 Å². The number of carbonyl (C=O) groups excluding carboxylic acids is 2. The van der Waals surface area contributed by atoms with Crippen LogP contribution in [-0.2, 0) is 9.59 Å². The third-order valence-corrected chi connectivity index (χ3v) is 1.56. The zero-order valence-electron chi connectivity index (χ0n) is 5.99. The lowest BCUT2D eigenvalue weighted by Gasteiger charge is -2.12. The zero-order chi connectivity index (χ0) is 10.6. The fourth-order valence-electron chi connectivity index (χ4n) is 0.396. The van der Waals surface area contributed by atoms with Gasteiger partial charge in [0.2, 0.25) is 5.24 Å². The molecule has 0 unspecified atom stereocenters. The second-order valence-corrected chi connectivity index (χ2v) is 2.66. The number of hydrogen-bond donors (Lipinski definition) is 1. The Morgan fingerprint density at radius 1 is 1.38 bits per heavy atom. The predicted molar refractivity (Wildman–Crippen MR) is 39.6 cm³/mol. The molecule has 13 heavy (non-hydrogen) atoms. The molecule has 1 N–H and O–H groups in total. The number of halogens is 5. The third kappa shape index (κ3) is 4.33. The number of amides is 1. The Kier molecular flexibility index (Phi) is 4.49. The SMILES string of the molecule is O=C(Cl)[C@H](CCl)NC(=O)C(F)(F)F. The molecule has 8 heteroatoms. The smallest absolute Gasteiger partial charge is 0.336 e. The highest BCUT2D eigenvalue weighted by Crippen LogP contribution is 2.14. The summed E-state index contributed by atoms with van der Waals surface area (Å²) in [6, 6.07) is -1.52. The lowest BCUT2D eigenvalue weighted by molar-refractivity contribution is -0.174. The summed E-state index contributed by atoms with van der Waals surface area (Å²) in [7, 11) is 0. The second kappa shape index (κ2) is 4.66. The van der Waals surface area contributed by atoms with Crippen LogP contribution < -0.4 is 5.32 Å². The molecule has 0 rings (SSSR count). The Hall–Kier alpha value is -0.490. The van der Waals surface area contributed by atoms with Crippen molar-refractivity contribution in [3.8, 4) is 0 Å². The van der Waals surface area contributed by atoms with Crippen LogP contribution in [0.1, 0.15) is 0 Å². The van der Waals surface area contributed by atoms with Crippen molar-refractivity contribution in [2.75, 3.05) is 5.88 Å². The van der Waals surface area contributed by atoms with Gasteiger partial charge in [0, 0.05) is 0 Å². The Bertz CT molecular complexity index is 218. The van der Waals surface area contributed by atoms with Crippen LogP contribution in [0.4, 0.5) is 13.2 Å². The van der Waals surface area contributed by atoms with E-state index in [4.69, 9.17) is 23.2 Å². The summed E-state index contributed by atoms with van der Waals surface area (Å²) in [6.45, 7) is 0. The standard InChI is InChI=1S/C5H4Cl2F3NO2/c6-1-2(3(7)12)11-4(13)5(8,9)10/h2H,1H2,(H,11,13)/t2-/m0/s1. The van der Waals surface area contributed by atoms with Gasteiger partial charge in [-0.25, -0.2) is 0 Å². The van der Waals surface area contributed by atoms with E-state index in [0.29, 0.717) is 0 Å². The van der Waals surface area contributed by atoms with Gasteiger partial charge in [0.1, 0.15) is 6.04 Å². The van der Waals surface area contributed by atoms with Gasteiger partial charge in [-0.05, 0) is 11.6 Å². The summed E-state index contributed by atoms with van der Waals surface area (Å²) in [6.07, 6.45) is -5.04. The van der Waals surface area contributed by atoms with E-state index in [0.717, 1.165) is 0 Å². The molecule has 0 fully saturated rings. The van der Waals surface area contributed by atoms with Crippen molar-refractivity contribution in [2.24, 2.45) is 0 Å². The van der Waals surface area contributed by atoms with Gasteiger partial charge in [-0.1, -0.05) is 0 Å². The summed E-state index contributed by atoms with van der Waals surface area (Å²) >= 11 is 9.90. The van der Waals surface area contributed by atoms with Crippen molar-refractivity contribution in [3.05, 3.63) is 0 Å². The highest BCUT2D eigenvalue weighted by molar-refractivity contribution is 6.65. The van der Waals surface area contributed by atoms with Crippen LogP contribution in [0, 0.1) is 0 Å². The van der Waals surface area contributed by atoms with E-state index in [-0.39, 0.29) is 0 Å².